The highest BCUT2D eigenvalue weighted by Gasteiger charge is 2.32. The molecule has 5 rings (SSSR count). The largest absolute Gasteiger partial charge is 0.484 e. The number of amides is 1. The summed E-state index contributed by atoms with van der Waals surface area (Å²) in [6.45, 7) is 0.638. The van der Waals surface area contributed by atoms with Gasteiger partial charge in [-0.15, -0.1) is 0 Å². The van der Waals surface area contributed by atoms with E-state index in [9.17, 15) is 4.79 Å². The van der Waals surface area contributed by atoms with Crippen LogP contribution >= 0.6 is 0 Å². The lowest BCUT2D eigenvalue weighted by Gasteiger charge is -2.33. The number of aromatic nitrogens is 4. The highest BCUT2D eigenvalue weighted by Crippen LogP contribution is 2.31. The number of carbonyl (C=O) groups is 1. The summed E-state index contributed by atoms with van der Waals surface area (Å²) in [5.74, 6) is 1.56. The van der Waals surface area contributed by atoms with Crippen LogP contribution < -0.4 is 4.74 Å². The molecular weight excluding hydrogens is 382 g/mol. The second-order valence-electron chi connectivity index (χ2n) is 7.27. The summed E-state index contributed by atoms with van der Waals surface area (Å²) >= 11 is 0. The molecule has 0 bridgehead atoms. The summed E-state index contributed by atoms with van der Waals surface area (Å²) < 4.78 is 13.1. The zero-order valence-electron chi connectivity index (χ0n) is 16.3. The molecule has 3 aromatic heterocycles. The number of likely N-dealkylation sites (tertiary alicyclic amines) is 1. The molecule has 1 aromatic carbocycles. The Morgan fingerprint density at radius 2 is 2.07 bits per heavy atom. The molecule has 152 valence electrons. The zero-order valence-corrected chi connectivity index (χ0v) is 16.3. The number of piperidine rings is 1. The topological polar surface area (TPSA) is 85.8 Å². The maximum atomic E-state index is 12.8. The van der Waals surface area contributed by atoms with Crippen LogP contribution in [0.1, 0.15) is 31.2 Å². The Morgan fingerprint density at radius 3 is 2.97 bits per heavy atom. The van der Waals surface area contributed by atoms with Gasteiger partial charge in [0.2, 0.25) is 11.7 Å². The van der Waals surface area contributed by atoms with Gasteiger partial charge in [0, 0.05) is 30.7 Å². The molecule has 1 saturated heterocycles. The van der Waals surface area contributed by atoms with Crippen LogP contribution in [0.3, 0.4) is 0 Å². The second kappa shape index (κ2) is 7.98. The molecule has 0 saturated carbocycles. The van der Waals surface area contributed by atoms with Crippen LogP contribution in [0.2, 0.25) is 0 Å². The molecule has 4 aromatic rings. The molecule has 1 fully saturated rings. The molecule has 1 atom stereocenters. The van der Waals surface area contributed by atoms with Crippen LogP contribution in [0.4, 0.5) is 0 Å². The van der Waals surface area contributed by atoms with Crippen molar-refractivity contribution >= 4 is 11.6 Å². The van der Waals surface area contributed by atoms with E-state index in [0.29, 0.717) is 24.0 Å². The van der Waals surface area contributed by atoms with Crippen molar-refractivity contribution in [2.75, 3.05) is 13.2 Å². The average Bonchev–Trinajstić information content (AvgIpc) is 3.47. The van der Waals surface area contributed by atoms with Gasteiger partial charge in [-0.2, -0.15) is 4.98 Å². The summed E-state index contributed by atoms with van der Waals surface area (Å²) in [6, 6.07) is 12.9. The molecule has 8 nitrogen and oxygen atoms in total. The smallest absolute Gasteiger partial charge is 0.261 e. The SMILES string of the molecule is O=C(COc1ccccc1)N1CCCCC1c1nc(-c2ccc3nccn3c2)no1. The minimum absolute atomic E-state index is 0.0151. The number of fused-ring (bicyclic) bond motifs is 1. The molecule has 30 heavy (non-hydrogen) atoms. The number of benzene rings is 1. The third-order valence-electron chi connectivity index (χ3n) is 5.30. The lowest BCUT2D eigenvalue weighted by atomic mass is 10.0. The Balaban J connectivity index is 1.33. The molecule has 0 N–H and O–H groups in total. The van der Waals surface area contributed by atoms with Crippen molar-refractivity contribution in [3.8, 4) is 17.1 Å². The third kappa shape index (κ3) is 3.63. The number of para-hydroxylation sites is 1. The number of imidazole rings is 1. The minimum Gasteiger partial charge on any atom is -0.484 e. The van der Waals surface area contributed by atoms with Gasteiger partial charge >= 0.3 is 0 Å². The quantitative estimate of drug-likeness (QED) is 0.507. The minimum atomic E-state index is -0.233. The molecule has 0 radical (unpaired) electrons. The van der Waals surface area contributed by atoms with Gasteiger partial charge in [-0.05, 0) is 43.5 Å². The predicted octanol–water partition coefficient (Wildman–Crippen LogP) is 3.52. The van der Waals surface area contributed by atoms with Crippen molar-refractivity contribution in [1.82, 2.24) is 24.4 Å². The van der Waals surface area contributed by atoms with Crippen molar-refractivity contribution in [1.29, 1.82) is 0 Å². The molecular formula is C22H21N5O3. The maximum absolute atomic E-state index is 12.8. The van der Waals surface area contributed by atoms with Crippen LogP contribution in [0.25, 0.3) is 17.0 Å². The number of pyridine rings is 1. The van der Waals surface area contributed by atoms with Crippen LogP contribution in [-0.4, -0.2) is 43.5 Å². The number of ether oxygens (including phenoxy) is 1. The Morgan fingerprint density at radius 1 is 1.17 bits per heavy atom. The van der Waals surface area contributed by atoms with Crippen molar-refractivity contribution < 1.29 is 14.1 Å². The molecule has 1 aliphatic heterocycles. The molecule has 1 unspecified atom stereocenters. The number of nitrogens with zero attached hydrogens (tertiary/aromatic N) is 5. The maximum Gasteiger partial charge on any atom is 0.261 e. The predicted molar refractivity (Wildman–Crippen MR) is 109 cm³/mol. The van der Waals surface area contributed by atoms with E-state index in [1.54, 1.807) is 11.1 Å². The van der Waals surface area contributed by atoms with Gasteiger partial charge in [-0.25, -0.2) is 4.98 Å². The van der Waals surface area contributed by atoms with Gasteiger partial charge in [-0.1, -0.05) is 23.4 Å². The van der Waals surface area contributed by atoms with E-state index in [4.69, 9.17) is 9.26 Å². The number of carbonyl (C=O) groups excluding carboxylic acids is 1. The Hall–Kier alpha value is -3.68. The van der Waals surface area contributed by atoms with Crippen LogP contribution in [-0.2, 0) is 4.79 Å². The Kier molecular flexibility index (Phi) is 4.88. The van der Waals surface area contributed by atoms with E-state index in [2.05, 4.69) is 15.1 Å². The van der Waals surface area contributed by atoms with E-state index in [1.165, 1.54) is 0 Å². The highest BCUT2D eigenvalue weighted by atomic mass is 16.5. The fourth-order valence-corrected chi connectivity index (χ4v) is 3.77. The lowest BCUT2D eigenvalue weighted by Crippen LogP contribution is -2.41. The summed E-state index contributed by atoms with van der Waals surface area (Å²) in [5.41, 5.74) is 1.68. The molecule has 1 amide bonds. The van der Waals surface area contributed by atoms with Crippen LogP contribution in [0.5, 0.6) is 5.75 Å². The van der Waals surface area contributed by atoms with Crippen molar-refractivity contribution in [2.45, 2.75) is 25.3 Å². The Bertz CT molecular complexity index is 1150. The number of hydrogen-bond acceptors (Lipinski definition) is 6. The summed E-state index contributed by atoms with van der Waals surface area (Å²) in [7, 11) is 0. The monoisotopic (exact) mass is 403 g/mol. The first-order chi connectivity index (χ1) is 14.8. The van der Waals surface area contributed by atoms with E-state index in [-0.39, 0.29) is 18.6 Å². The zero-order chi connectivity index (χ0) is 20.3. The van der Waals surface area contributed by atoms with Crippen molar-refractivity contribution in [3.05, 3.63) is 66.9 Å². The lowest BCUT2D eigenvalue weighted by molar-refractivity contribution is -0.138. The summed E-state index contributed by atoms with van der Waals surface area (Å²) in [5, 5.41) is 4.15. The summed E-state index contributed by atoms with van der Waals surface area (Å²) in [4.78, 5) is 23.5. The Labute approximate surface area is 173 Å². The fourth-order valence-electron chi connectivity index (χ4n) is 3.77. The molecule has 0 spiro atoms. The van der Waals surface area contributed by atoms with Gasteiger partial charge in [0.1, 0.15) is 17.4 Å². The van der Waals surface area contributed by atoms with E-state index < -0.39 is 0 Å². The van der Waals surface area contributed by atoms with Crippen molar-refractivity contribution in [2.24, 2.45) is 0 Å². The molecule has 1 aliphatic rings. The van der Waals surface area contributed by atoms with Gasteiger partial charge in [0.15, 0.2) is 6.61 Å². The summed E-state index contributed by atoms with van der Waals surface area (Å²) in [6.07, 6.45) is 8.27. The average molecular weight is 403 g/mol. The first-order valence-electron chi connectivity index (χ1n) is 10.0. The van der Waals surface area contributed by atoms with Crippen molar-refractivity contribution in [3.63, 3.8) is 0 Å². The fraction of sp³-hybridized carbons (Fsp3) is 0.273. The third-order valence-corrected chi connectivity index (χ3v) is 5.30. The van der Waals surface area contributed by atoms with E-state index >= 15 is 0 Å². The van der Waals surface area contributed by atoms with Gasteiger partial charge < -0.3 is 18.6 Å². The van der Waals surface area contributed by atoms with E-state index in [0.717, 1.165) is 30.5 Å². The molecule has 8 heteroatoms. The van der Waals surface area contributed by atoms with Crippen LogP contribution in [0.15, 0.2) is 65.6 Å². The van der Waals surface area contributed by atoms with Gasteiger partial charge in [0.25, 0.3) is 5.91 Å². The first-order valence-corrected chi connectivity index (χ1v) is 10.0. The molecule has 0 aliphatic carbocycles. The molecule has 4 heterocycles. The number of rotatable bonds is 5. The van der Waals surface area contributed by atoms with Crippen LogP contribution in [0, 0.1) is 0 Å². The normalized spacial score (nSPS) is 16.7. The van der Waals surface area contributed by atoms with Gasteiger partial charge in [0.05, 0.1) is 0 Å². The number of hydrogen-bond donors (Lipinski definition) is 0. The standard InChI is InChI=1S/C22H21N5O3/c28-20(15-29-17-6-2-1-3-7-17)27-12-5-4-8-18(27)22-24-21(25-30-22)16-9-10-19-23-11-13-26(19)14-16/h1-3,6-7,9-11,13-14,18H,4-5,8,12,15H2. The first kappa shape index (κ1) is 18.4. The van der Waals surface area contributed by atoms with E-state index in [1.807, 2.05) is 59.3 Å². The highest BCUT2D eigenvalue weighted by molar-refractivity contribution is 5.78. The van der Waals surface area contributed by atoms with Gasteiger partial charge in [-0.3, -0.25) is 4.79 Å². The second-order valence-corrected chi connectivity index (χ2v) is 7.27.